The van der Waals surface area contributed by atoms with Gasteiger partial charge in [0.1, 0.15) is 0 Å². The molecule has 3 rings (SSSR count). The Morgan fingerprint density at radius 3 is 2.13 bits per heavy atom. The molecule has 23 heavy (non-hydrogen) atoms. The van der Waals surface area contributed by atoms with Gasteiger partial charge in [-0.25, -0.2) is 0 Å². The van der Waals surface area contributed by atoms with Crippen molar-refractivity contribution in [1.82, 2.24) is 0 Å². The molecule has 116 valence electrons. The van der Waals surface area contributed by atoms with Crippen molar-refractivity contribution < 1.29 is 0 Å². The number of hydrogen-bond donors (Lipinski definition) is 0. The van der Waals surface area contributed by atoms with Gasteiger partial charge in [0.15, 0.2) is 0 Å². The average Bonchev–Trinajstić information content (AvgIpc) is 2.90. The summed E-state index contributed by atoms with van der Waals surface area (Å²) in [5, 5.41) is 9.40. The van der Waals surface area contributed by atoms with Gasteiger partial charge in [-0.2, -0.15) is 5.26 Å². The van der Waals surface area contributed by atoms with Gasteiger partial charge in [0.2, 0.25) is 0 Å². The Morgan fingerprint density at radius 2 is 1.52 bits per heavy atom. The lowest BCUT2D eigenvalue weighted by molar-refractivity contribution is 0.726. The zero-order valence-electron chi connectivity index (χ0n) is 13.4. The molecule has 0 aliphatic carbocycles. The molecule has 0 amide bonds. The van der Waals surface area contributed by atoms with Crippen LogP contribution in [0.25, 0.3) is 11.6 Å². The summed E-state index contributed by atoms with van der Waals surface area (Å²) in [6, 6.07) is 20.7. The van der Waals surface area contributed by atoms with Gasteiger partial charge in [-0.05, 0) is 42.2 Å². The first-order valence-electron chi connectivity index (χ1n) is 8.39. The van der Waals surface area contributed by atoms with E-state index in [4.69, 9.17) is 0 Å². The van der Waals surface area contributed by atoms with Gasteiger partial charge >= 0.3 is 0 Å². The van der Waals surface area contributed by atoms with E-state index in [0.717, 1.165) is 24.2 Å². The molecule has 1 aliphatic heterocycles. The Labute approximate surface area is 138 Å². The Kier molecular flexibility index (Phi) is 5.11. The van der Waals surface area contributed by atoms with Crippen molar-refractivity contribution in [3.63, 3.8) is 0 Å². The van der Waals surface area contributed by atoms with E-state index in [2.05, 4.69) is 35.2 Å². The van der Waals surface area contributed by atoms with E-state index in [0.29, 0.717) is 5.57 Å². The third-order valence-electron chi connectivity index (χ3n) is 4.38. The van der Waals surface area contributed by atoms with Crippen LogP contribution in [-0.2, 0) is 0 Å². The molecule has 0 aromatic heterocycles. The summed E-state index contributed by atoms with van der Waals surface area (Å²) in [6.07, 6.45) is 7.23. The summed E-state index contributed by atoms with van der Waals surface area (Å²) in [4.78, 5) is 2.48. The van der Waals surface area contributed by atoms with Crippen molar-refractivity contribution in [3.8, 4) is 6.07 Å². The van der Waals surface area contributed by atoms with E-state index in [1.165, 1.54) is 31.4 Å². The molecule has 0 saturated carbocycles. The van der Waals surface area contributed by atoms with E-state index >= 15 is 0 Å². The topological polar surface area (TPSA) is 27.0 Å². The Balaban J connectivity index is 1.79. The first-order valence-corrected chi connectivity index (χ1v) is 8.39. The second-order valence-corrected chi connectivity index (χ2v) is 6.03. The van der Waals surface area contributed by atoms with Crippen LogP contribution in [0.1, 0.15) is 36.8 Å². The minimum absolute atomic E-state index is 0.702. The lowest BCUT2D eigenvalue weighted by Crippen LogP contribution is -2.23. The van der Waals surface area contributed by atoms with Crippen LogP contribution in [0.3, 0.4) is 0 Å². The molecule has 1 saturated heterocycles. The highest BCUT2D eigenvalue weighted by atomic mass is 15.1. The summed E-state index contributed by atoms with van der Waals surface area (Å²) < 4.78 is 0. The summed E-state index contributed by atoms with van der Waals surface area (Å²) >= 11 is 0. The zero-order chi connectivity index (χ0) is 15.9. The van der Waals surface area contributed by atoms with Crippen LogP contribution in [0.5, 0.6) is 0 Å². The molecule has 2 heteroatoms. The Hall–Kier alpha value is -2.53. The van der Waals surface area contributed by atoms with Crippen LogP contribution in [0.15, 0.2) is 54.6 Å². The predicted molar refractivity (Wildman–Crippen MR) is 97.0 cm³/mol. The molecule has 1 fully saturated rings. The third-order valence-corrected chi connectivity index (χ3v) is 4.38. The molecule has 0 radical (unpaired) electrons. The number of nitriles is 1. The second kappa shape index (κ2) is 7.65. The molecule has 0 N–H and O–H groups in total. The first-order chi connectivity index (χ1) is 11.4. The summed E-state index contributed by atoms with van der Waals surface area (Å²) in [7, 11) is 0. The highest BCUT2D eigenvalue weighted by Crippen LogP contribution is 2.22. The van der Waals surface area contributed by atoms with Crippen molar-refractivity contribution in [2.24, 2.45) is 0 Å². The summed E-state index contributed by atoms with van der Waals surface area (Å²) in [5.74, 6) is 0. The molecule has 0 spiro atoms. The zero-order valence-corrected chi connectivity index (χ0v) is 13.4. The van der Waals surface area contributed by atoms with Crippen molar-refractivity contribution in [3.05, 3.63) is 65.7 Å². The maximum atomic E-state index is 9.40. The van der Waals surface area contributed by atoms with Gasteiger partial charge in [0.25, 0.3) is 0 Å². The fraction of sp³-hybridized carbons (Fsp3) is 0.286. The smallest absolute Gasteiger partial charge is 0.0998 e. The van der Waals surface area contributed by atoms with Crippen LogP contribution >= 0.6 is 0 Å². The average molecular weight is 302 g/mol. The third kappa shape index (κ3) is 4.02. The Morgan fingerprint density at radius 1 is 0.870 bits per heavy atom. The van der Waals surface area contributed by atoms with Crippen molar-refractivity contribution in [2.75, 3.05) is 18.0 Å². The molecule has 0 unspecified atom stereocenters. The molecule has 0 atom stereocenters. The van der Waals surface area contributed by atoms with E-state index < -0.39 is 0 Å². The SMILES string of the molecule is N#C/C(=C\c1ccc(N2CCCCCC2)cc1)c1ccccc1. The monoisotopic (exact) mass is 302 g/mol. The molecular formula is C21H22N2. The fourth-order valence-electron chi connectivity index (χ4n) is 3.07. The van der Waals surface area contributed by atoms with Crippen molar-refractivity contribution in [2.45, 2.75) is 25.7 Å². The highest BCUT2D eigenvalue weighted by molar-refractivity contribution is 5.89. The van der Waals surface area contributed by atoms with Crippen LogP contribution in [0.4, 0.5) is 5.69 Å². The molecule has 0 bridgehead atoms. The van der Waals surface area contributed by atoms with Gasteiger partial charge in [-0.1, -0.05) is 55.3 Å². The van der Waals surface area contributed by atoms with E-state index in [1.807, 2.05) is 36.4 Å². The van der Waals surface area contributed by atoms with Crippen LogP contribution in [0, 0.1) is 11.3 Å². The molecular weight excluding hydrogens is 280 g/mol. The number of anilines is 1. The number of hydrogen-bond acceptors (Lipinski definition) is 2. The van der Waals surface area contributed by atoms with Gasteiger partial charge in [0.05, 0.1) is 11.6 Å². The van der Waals surface area contributed by atoms with Gasteiger partial charge < -0.3 is 4.90 Å². The normalized spacial score (nSPS) is 15.8. The minimum atomic E-state index is 0.702. The van der Waals surface area contributed by atoms with E-state index in [1.54, 1.807) is 0 Å². The molecule has 1 aliphatic rings. The second-order valence-electron chi connectivity index (χ2n) is 6.03. The maximum absolute atomic E-state index is 9.40. The molecule has 2 aromatic rings. The van der Waals surface area contributed by atoms with Gasteiger partial charge in [-0.15, -0.1) is 0 Å². The quantitative estimate of drug-likeness (QED) is 0.580. The fourth-order valence-corrected chi connectivity index (χ4v) is 3.07. The molecule has 2 nitrogen and oxygen atoms in total. The lowest BCUT2D eigenvalue weighted by Gasteiger charge is -2.22. The van der Waals surface area contributed by atoms with Crippen LogP contribution in [0.2, 0.25) is 0 Å². The molecule has 2 aromatic carbocycles. The summed E-state index contributed by atoms with van der Waals surface area (Å²) in [6.45, 7) is 2.31. The van der Waals surface area contributed by atoms with E-state index in [9.17, 15) is 5.26 Å². The largest absolute Gasteiger partial charge is 0.372 e. The number of rotatable bonds is 3. The van der Waals surface area contributed by atoms with Crippen LogP contribution in [-0.4, -0.2) is 13.1 Å². The number of allylic oxidation sites excluding steroid dienone is 1. The van der Waals surface area contributed by atoms with E-state index in [-0.39, 0.29) is 0 Å². The minimum Gasteiger partial charge on any atom is -0.372 e. The van der Waals surface area contributed by atoms with Crippen LogP contribution < -0.4 is 4.90 Å². The number of benzene rings is 2. The van der Waals surface area contributed by atoms with Gasteiger partial charge in [-0.3, -0.25) is 0 Å². The predicted octanol–water partition coefficient (Wildman–Crippen LogP) is 5.13. The van der Waals surface area contributed by atoms with Gasteiger partial charge in [0, 0.05) is 18.8 Å². The maximum Gasteiger partial charge on any atom is 0.0998 e. The van der Waals surface area contributed by atoms with Crippen molar-refractivity contribution in [1.29, 1.82) is 5.26 Å². The first kappa shape index (κ1) is 15.4. The summed E-state index contributed by atoms with van der Waals surface area (Å²) in [5.41, 5.74) is 4.03. The number of nitrogens with zero attached hydrogens (tertiary/aromatic N) is 2. The lowest BCUT2D eigenvalue weighted by atomic mass is 10.0. The standard InChI is InChI=1S/C21H22N2/c22-17-20(19-8-4-3-5-9-19)16-18-10-12-21(13-11-18)23-14-6-1-2-7-15-23/h3-5,8-13,16H,1-2,6-7,14-15H2/b20-16+. The van der Waals surface area contributed by atoms with Crippen molar-refractivity contribution >= 4 is 17.3 Å². The highest BCUT2D eigenvalue weighted by Gasteiger charge is 2.09. The Bertz CT molecular complexity index is 685. The molecule has 1 heterocycles.